The molecular weight excluding hydrogens is 154 g/mol. The van der Waals surface area contributed by atoms with Crippen LogP contribution >= 0.6 is 0 Å². The monoisotopic (exact) mass is 173 g/mol. The third-order valence-corrected chi connectivity index (χ3v) is 2.36. The van der Waals surface area contributed by atoms with Crippen molar-refractivity contribution in [1.29, 1.82) is 0 Å². The van der Waals surface area contributed by atoms with Crippen LogP contribution in [0.1, 0.15) is 34.6 Å². The van der Waals surface area contributed by atoms with Crippen LogP contribution in [0, 0.1) is 5.92 Å². The van der Waals surface area contributed by atoms with Crippen molar-refractivity contribution in [3.8, 4) is 0 Å². The van der Waals surface area contributed by atoms with Crippen LogP contribution in [0.3, 0.4) is 0 Å². The molecule has 12 heavy (non-hydrogen) atoms. The smallest absolute Gasteiger partial charge is 0.217 e. The molecule has 72 valence electrons. The Morgan fingerprint density at radius 1 is 1.42 bits per heavy atom. The van der Waals surface area contributed by atoms with Crippen molar-refractivity contribution in [3.63, 3.8) is 0 Å². The third kappa shape index (κ3) is 3.22. The summed E-state index contributed by atoms with van der Waals surface area (Å²) in [4.78, 5) is 10.8. The molecule has 0 spiro atoms. The van der Waals surface area contributed by atoms with Crippen molar-refractivity contribution in [3.05, 3.63) is 0 Å². The van der Waals surface area contributed by atoms with Crippen LogP contribution in [-0.2, 0) is 4.79 Å². The average molecular weight is 173 g/mol. The molecule has 0 aromatic carbocycles. The highest BCUT2D eigenvalue weighted by Crippen LogP contribution is 2.19. The molecule has 0 bridgehead atoms. The summed E-state index contributed by atoms with van der Waals surface area (Å²) < 4.78 is 0. The zero-order valence-electron chi connectivity index (χ0n) is 8.51. The SMILES string of the molecule is CC(=O)NC(C)(C)C(C)C(C)O. The molecule has 2 unspecified atom stereocenters. The third-order valence-electron chi connectivity index (χ3n) is 2.36. The zero-order valence-corrected chi connectivity index (χ0v) is 8.51. The van der Waals surface area contributed by atoms with E-state index in [9.17, 15) is 9.90 Å². The van der Waals surface area contributed by atoms with Crippen molar-refractivity contribution >= 4 is 5.91 Å². The molecule has 0 aromatic rings. The number of carbonyl (C=O) groups is 1. The van der Waals surface area contributed by atoms with Gasteiger partial charge in [-0.3, -0.25) is 4.79 Å². The van der Waals surface area contributed by atoms with Crippen molar-refractivity contribution < 1.29 is 9.90 Å². The van der Waals surface area contributed by atoms with Gasteiger partial charge in [-0.1, -0.05) is 6.92 Å². The van der Waals surface area contributed by atoms with Crippen LogP contribution in [-0.4, -0.2) is 22.7 Å². The lowest BCUT2D eigenvalue weighted by Crippen LogP contribution is -2.50. The van der Waals surface area contributed by atoms with Crippen LogP contribution in [0.5, 0.6) is 0 Å². The number of nitrogens with one attached hydrogen (secondary N) is 1. The van der Waals surface area contributed by atoms with Gasteiger partial charge in [-0.05, 0) is 20.8 Å². The molecule has 0 aliphatic rings. The predicted octanol–water partition coefficient (Wildman–Crippen LogP) is 0.918. The van der Waals surface area contributed by atoms with Gasteiger partial charge in [0.1, 0.15) is 0 Å². The Bertz CT molecular complexity index is 164. The molecular formula is C9H19NO2. The fourth-order valence-electron chi connectivity index (χ4n) is 1.17. The van der Waals surface area contributed by atoms with Gasteiger partial charge in [-0.15, -0.1) is 0 Å². The molecule has 0 saturated carbocycles. The number of aliphatic hydroxyl groups is 1. The van der Waals surface area contributed by atoms with E-state index in [-0.39, 0.29) is 17.4 Å². The fraction of sp³-hybridized carbons (Fsp3) is 0.889. The Morgan fingerprint density at radius 2 is 1.83 bits per heavy atom. The minimum absolute atomic E-state index is 0.0430. The van der Waals surface area contributed by atoms with Crippen molar-refractivity contribution in [1.82, 2.24) is 5.32 Å². The molecule has 3 nitrogen and oxygen atoms in total. The summed E-state index contributed by atoms with van der Waals surface area (Å²) in [6.45, 7) is 8.95. The van der Waals surface area contributed by atoms with Gasteiger partial charge in [0.15, 0.2) is 0 Å². The highest BCUT2D eigenvalue weighted by molar-refractivity contribution is 5.73. The van der Waals surface area contributed by atoms with Gasteiger partial charge < -0.3 is 10.4 Å². The fourth-order valence-corrected chi connectivity index (χ4v) is 1.17. The van der Waals surface area contributed by atoms with E-state index in [0.717, 1.165) is 0 Å². The van der Waals surface area contributed by atoms with E-state index in [1.807, 2.05) is 20.8 Å². The van der Waals surface area contributed by atoms with Crippen molar-refractivity contribution in [2.24, 2.45) is 5.92 Å². The highest BCUT2D eigenvalue weighted by Gasteiger charge is 2.29. The lowest BCUT2D eigenvalue weighted by Gasteiger charge is -2.34. The number of hydrogen-bond donors (Lipinski definition) is 2. The van der Waals surface area contributed by atoms with E-state index >= 15 is 0 Å². The molecule has 0 heterocycles. The summed E-state index contributed by atoms with van der Waals surface area (Å²) in [6.07, 6.45) is -0.410. The maximum absolute atomic E-state index is 10.8. The maximum Gasteiger partial charge on any atom is 0.217 e. The van der Waals surface area contributed by atoms with E-state index in [1.54, 1.807) is 6.92 Å². The number of carbonyl (C=O) groups excluding carboxylic acids is 1. The van der Waals surface area contributed by atoms with Gasteiger partial charge >= 0.3 is 0 Å². The molecule has 0 rings (SSSR count). The normalized spacial score (nSPS) is 16.8. The molecule has 2 N–H and O–H groups in total. The second kappa shape index (κ2) is 3.90. The summed E-state index contributed by atoms with van der Waals surface area (Å²) in [7, 11) is 0. The molecule has 0 aromatic heterocycles. The lowest BCUT2D eigenvalue weighted by atomic mass is 9.85. The maximum atomic E-state index is 10.8. The van der Waals surface area contributed by atoms with Gasteiger partial charge in [-0.25, -0.2) is 0 Å². The first kappa shape index (κ1) is 11.4. The van der Waals surface area contributed by atoms with Gasteiger partial charge in [0, 0.05) is 18.4 Å². The number of amides is 1. The zero-order chi connectivity index (χ0) is 9.94. The summed E-state index contributed by atoms with van der Waals surface area (Å²) in [5.41, 5.74) is -0.347. The van der Waals surface area contributed by atoms with Crippen LogP contribution in [0.2, 0.25) is 0 Å². The lowest BCUT2D eigenvalue weighted by molar-refractivity contribution is -0.121. The summed E-state index contributed by atoms with van der Waals surface area (Å²) in [5.74, 6) is -0.0195. The van der Waals surface area contributed by atoms with Gasteiger partial charge in [0.05, 0.1) is 6.10 Å². The second-order valence-corrected chi connectivity index (χ2v) is 3.93. The van der Waals surface area contributed by atoms with E-state index in [4.69, 9.17) is 0 Å². The summed E-state index contributed by atoms with van der Waals surface area (Å²) in [5, 5.41) is 12.1. The van der Waals surface area contributed by atoms with Crippen LogP contribution in [0.4, 0.5) is 0 Å². The molecule has 0 radical (unpaired) electrons. The Labute approximate surface area is 74.2 Å². The Kier molecular flexibility index (Phi) is 3.71. The summed E-state index contributed by atoms with van der Waals surface area (Å²) in [6, 6.07) is 0. The van der Waals surface area contributed by atoms with Gasteiger partial charge in [0.25, 0.3) is 0 Å². The van der Waals surface area contributed by atoms with Gasteiger partial charge in [-0.2, -0.15) is 0 Å². The predicted molar refractivity (Wildman–Crippen MR) is 48.7 cm³/mol. The molecule has 0 aliphatic heterocycles. The second-order valence-electron chi connectivity index (χ2n) is 3.93. The number of hydrogen-bond acceptors (Lipinski definition) is 2. The Morgan fingerprint density at radius 3 is 2.08 bits per heavy atom. The Balaban J connectivity index is 4.28. The summed E-state index contributed by atoms with van der Waals surface area (Å²) >= 11 is 0. The van der Waals surface area contributed by atoms with E-state index in [1.165, 1.54) is 6.92 Å². The van der Waals surface area contributed by atoms with Crippen molar-refractivity contribution in [2.75, 3.05) is 0 Å². The molecule has 0 fully saturated rings. The first-order valence-corrected chi connectivity index (χ1v) is 4.24. The van der Waals surface area contributed by atoms with E-state index in [2.05, 4.69) is 5.32 Å². The largest absolute Gasteiger partial charge is 0.393 e. The van der Waals surface area contributed by atoms with Gasteiger partial charge in [0.2, 0.25) is 5.91 Å². The molecule has 3 heteroatoms. The number of aliphatic hydroxyl groups excluding tert-OH is 1. The molecule has 0 aliphatic carbocycles. The first-order chi connectivity index (χ1) is 5.27. The molecule has 1 amide bonds. The standard InChI is InChI=1S/C9H19NO2/c1-6(7(2)11)9(4,5)10-8(3)12/h6-7,11H,1-5H3,(H,10,12). The first-order valence-electron chi connectivity index (χ1n) is 4.24. The number of rotatable bonds is 3. The van der Waals surface area contributed by atoms with Crippen LogP contribution < -0.4 is 5.32 Å². The minimum Gasteiger partial charge on any atom is -0.393 e. The van der Waals surface area contributed by atoms with Crippen LogP contribution in [0.15, 0.2) is 0 Å². The molecule has 2 atom stereocenters. The highest BCUT2D eigenvalue weighted by atomic mass is 16.3. The average Bonchev–Trinajstić information content (AvgIpc) is 1.82. The molecule has 0 saturated heterocycles. The minimum atomic E-state index is -0.410. The Hall–Kier alpha value is -0.570. The van der Waals surface area contributed by atoms with Crippen molar-refractivity contribution in [2.45, 2.75) is 46.3 Å². The van der Waals surface area contributed by atoms with E-state index in [0.29, 0.717) is 0 Å². The van der Waals surface area contributed by atoms with Crippen LogP contribution in [0.25, 0.3) is 0 Å². The van der Waals surface area contributed by atoms with E-state index < -0.39 is 6.10 Å². The quantitative estimate of drug-likeness (QED) is 0.666. The topological polar surface area (TPSA) is 49.3 Å².